The van der Waals surface area contributed by atoms with Crippen LogP contribution in [0.5, 0.6) is 0 Å². The Bertz CT molecular complexity index is 613. The number of nitrogens with zero attached hydrogens (tertiary/aromatic N) is 3. The SMILES string of the molecule is CC1=CCC(C)N1c1ccn(-c2ccc(F)cc2)n1. The van der Waals surface area contributed by atoms with E-state index < -0.39 is 0 Å². The van der Waals surface area contributed by atoms with Crippen molar-refractivity contribution in [1.29, 1.82) is 0 Å². The fraction of sp³-hybridized carbons (Fsp3) is 0.267. The van der Waals surface area contributed by atoms with Crippen molar-refractivity contribution >= 4 is 5.82 Å². The molecule has 0 saturated heterocycles. The van der Waals surface area contributed by atoms with Gasteiger partial charge in [0.25, 0.3) is 0 Å². The van der Waals surface area contributed by atoms with Crippen LogP contribution in [-0.2, 0) is 0 Å². The third-order valence-electron chi connectivity index (χ3n) is 3.49. The van der Waals surface area contributed by atoms with Crippen molar-refractivity contribution in [3.63, 3.8) is 0 Å². The van der Waals surface area contributed by atoms with Gasteiger partial charge in [0.2, 0.25) is 0 Å². The van der Waals surface area contributed by atoms with Gasteiger partial charge >= 0.3 is 0 Å². The van der Waals surface area contributed by atoms with Gasteiger partial charge in [-0.1, -0.05) is 6.08 Å². The Kier molecular flexibility index (Phi) is 2.85. The zero-order valence-electron chi connectivity index (χ0n) is 11.0. The lowest BCUT2D eigenvalue weighted by molar-refractivity contribution is 0.627. The van der Waals surface area contributed by atoms with Gasteiger partial charge in [0.15, 0.2) is 5.82 Å². The lowest BCUT2D eigenvalue weighted by Crippen LogP contribution is -2.26. The highest BCUT2D eigenvalue weighted by Crippen LogP contribution is 2.27. The molecular formula is C15H16FN3. The summed E-state index contributed by atoms with van der Waals surface area (Å²) in [6, 6.07) is 8.77. The Morgan fingerprint density at radius 2 is 1.95 bits per heavy atom. The number of halogens is 1. The van der Waals surface area contributed by atoms with Crippen LogP contribution in [-0.4, -0.2) is 15.8 Å². The summed E-state index contributed by atoms with van der Waals surface area (Å²) < 4.78 is 14.7. The van der Waals surface area contributed by atoms with E-state index in [0.29, 0.717) is 6.04 Å². The van der Waals surface area contributed by atoms with Crippen molar-refractivity contribution in [2.75, 3.05) is 4.90 Å². The first-order valence-corrected chi connectivity index (χ1v) is 6.43. The highest BCUT2D eigenvalue weighted by atomic mass is 19.1. The van der Waals surface area contributed by atoms with Crippen molar-refractivity contribution in [1.82, 2.24) is 9.78 Å². The Balaban J connectivity index is 1.91. The number of hydrogen-bond acceptors (Lipinski definition) is 2. The monoisotopic (exact) mass is 257 g/mol. The number of aromatic nitrogens is 2. The second-order valence-corrected chi connectivity index (χ2v) is 4.90. The minimum absolute atomic E-state index is 0.233. The van der Waals surface area contributed by atoms with Gasteiger partial charge in [-0.15, -0.1) is 5.10 Å². The average Bonchev–Trinajstić information content (AvgIpc) is 2.98. The molecule has 98 valence electrons. The van der Waals surface area contributed by atoms with Gasteiger partial charge in [-0.3, -0.25) is 0 Å². The summed E-state index contributed by atoms with van der Waals surface area (Å²) in [6.07, 6.45) is 5.18. The average molecular weight is 257 g/mol. The molecule has 3 rings (SSSR count). The molecule has 1 aliphatic rings. The smallest absolute Gasteiger partial charge is 0.155 e. The summed E-state index contributed by atoms with van der Waals surface area (Å²) >= 11 is 0. The largest absolute Gasteiger partial charge is 0.326 e. The Morgan fingerprint density at radius 3 is 2.58 bits per heavy atom. The second-order valence-electron chi connectivity index (χ2n) is 4.90. The molecule has 0 spiro atoms. The van der Waals surface area contributed by atoms with Gasteiger partial charge in [0, 0.05) is 24.0 Å². The van der Waals surface area contributed by atoms with Crippen LogP contribution in [0, 0.1) is 5.82 Å². The fourth-order valence-electron chi connectivity index (χ4n) is 2.48. The topological polar surface area (TPSA) is 21.1 Å². The van der Waals surface area contributed by atoms with Crippen LogP contribution in [0.15, 0.2) is 48.3 Å². The Labute approximate surface area is 112 Å². The molecule has 0 bridgehead atoms. The van der Waals surface area contributed by atoms with Gasteiger partial charge in [0.1, 0.15) is 5.82 Å². The molecule has 3 nitrogen and oxygen atoms in total. The molecule has 1 unspecified atom stereocenters. The summed E-state index contributed by atoms with van der Waals surface area (Å²) in [5, 5.41) is 4.57. The first-order chi connectivity index (χ1) is 9.15. The molecule has 0 radical (unpaired) electrons. The van der Waals surface area contributed by atoms with E-state index in [1.54, 1.807) is 16.8 Å². The lowest BCUT2D eigenvalue weighted by atomic mass is 10.3. The molecule has 1 aromatic carbocycles. The lowest BCUT2D eigenvalue weighted by Gasteiger charge is -2.23. The van der Waals surface area contributed by atoms with Crippen LogP contribution in [0.4, 0.5) is 10.2 Å². The van der Waals surface area contributed by atoms with E-state index in [1.165, 1.54) is 17.8 Å². The molecule has 2 heterocycles. The van der Waals surface area contributed by atoms with Crippen LogP contribution >= 0.6 is 0 Å². The van der Waals surface area contributed by atoms with Gasteiger partial charge in [-0.2, -0.15) is 0 Å². The van der Waals surface area contributed by atoms with Crippen molar-refractivity contribution in [2.24, 2.45) is 0 Å². The minimum atomic E-state index is -0.233. The standard InChI is InChI=1S/C15H16FN3/c1-11-3-4-12(2)19(11)15-9-10-18(17-15)14-7-5-13(16)6-8-14/h3,5-10,12H,4H2,1-2H3. The number of anilines is 1. The van der Waals surface area contributed by atoms with Gasteiger partial charge in [-0.05, 0) is 44.5 Å². The predicted octanol–water partition coefficient (Wildman–Crippen LogP) is 3.51. The molecule has 4 heteroatoms. The number of hydrogen-bond donors (Lipinski definition) is 0. The van der Waals surface area contributed by atoms with Gasteiger partial charge in [0.05, 0.1) is 5.69 Å². The third-order valence-corrected chi connectivity index (χ3v) is 3.49. The van der Waals surface area contributed by atoms with Gasteiger partial charge < -0.3 is 4.90 Å². The molecular weight excluding hydrogens is 241 g/mol. The van der Waals surface area contributed by atoms with E-state index >= 15 is 0 Å². The molecule has 2 aromatic rings. The fourth-order valence-corrected chi connectivity index (χ4v) is 2.48. The van der Waals surface area contributed by atoms with E-state index in [9.17, 15) is 4.39 Å². The van der Waals surface area contributed by atoms with Crippen molar-refractivity contribution in [3.05, 3.63) is 54.1 Å². The molecule has 0 saturated carbocycles. The first-order valence-electron chi connectivity index (χ1n) is 6.43. The summed E-state index contributed by atoms with van der Waals surface area (Å²) in [6.45, 7) is 4.28. The Hall–Kier alpha value is -2.10. The number of benzene rings is 1. The van der Waals surface area contributed by atoms with Crippen LogP contribution in [0.3, 0.4) is 0 Å². The first kappa shape index (κ1) is 12.0. The summed E-state index contributed by atoms with van der Waals surface area (Å²) in [4.78, 5) is 2.22. The summed E-state index contributed by atoms with van der Waals surface area (Å²) in [5.41, 5.74) is 2.10. The van der Waals surface area contributed by atoms with Crippen molar-refractivity contribution < 1.29 is 4.39 Å². The normalized spacial score (nSPS) is 18.8. The molecule has 1 aliphatic heterocycles. The maximum absolute atomic E-state index is 12.9. The number of allylic oxidation sites excluding steroid dienone is 1. The van der Waals surface area contributed by atoms with Crippen LogP contribution in [0.1, 0.15) is 20.3 Å². The summed E-state index contributed by atoms with van der Waals surface area (Å²) in [5.74, 6) is 0.700. The zero-order chi connectivity index (χ0) is 13.4. The zero-order valence-corrected chi connectivity index (χ0v) is 11.0. The highest BCUT2D eigenvalue weighted by Gasteiger charge is 2.22. The minimum Gasteiger partial charge on any atom is -0.326 e. The van der Waals surface area contributed by atoms with Crippen LogP contribution in [0.2, 0.25) is 0 Å². The molecule has 0 N–H and O–H groups in total. The van der Waals surface area contributed by atoms with Crippen molar-refractivity contribution in [3.8, 4) is 5.69 Å². The molecule has 1 atom stereocenters. The molecule has 0 amide bonds. The molecule has 0 fully saturated rings. The molecule has 0 aliphatic carbocycles. The molecule has 19 heavy (non-hydrogen) atoms. The van der Waals surface area contributed by atoms with Crippen LogP contribution < -0.4 is 4.90 Å². The maximum Gasteiger partial charge on any atom is 0.155 e. The van der Waals surface area contributed by atoms with Gasteiger partial charge in [-0.25, -0.2) is 9.07 Å². The van der Waals surface area contributed by atoms with E-state index in [0.717, 1.165) is 17.9 Å². The van der Waals surface area contributed by atoms with E-state index in [2.05, 4.69) is 29.9 Å². The summed E-state index contributed by atoms with van der Waals surface area (Å²) in [7, 11) is 0. The quantitative estimate of drug-likeness (QED) is 0.820. The van der Waals surface area contributed by atoms with E-state index in [4.69, 9.17) is 0 Å². The highest BCUT2D eigenvalue weighted by molar-refractivity contribution is 5.49. The van der Waals surface area contributed by atoms with E-state index in [1.807, 2.05) is 12.3 Å². The predicted molar refractivity (Wildman–Crippen MR) is 73.8 cm³/mol. The third kappa shape index (κ3) is 2.14. The Morgan fingerprint density at radius 1 is 1.21 bits per heavy atom. The van der Waals surface area contributed by atoms with E-state index in [-0.39, 0.29) is 5.82 Å². The molecule has 1 aromatic heterocycles. The second kappa shape index (κ2) is 4.53. The van der Waals surface area contributed by atoms with Crippen molar-refractivity contribution in [2.45, 2.75) is 26.3 Å². The number of rotatable bonds is 2. The van der Waals surface area contributed by atoms with Crippen LogP contribution in [0.25, 0.3) is 5.69 Å². The maximum atomic E-state index is 12.9.